The second-order valence-electron chi connectivity index (χ2n) is 8.88. The van der Waals surface area contributed by atoms with E-state index in [1.54, 1.807) is 11.1 Å². The van der Waals surface area contributed by atoms with Crippen molar-refractivity contribution in [1.29, 1.82) is 0 Å². The van der Waals surface area contributed by atoms with E-state index in [0.29, 0.717) is 11.1 Å². The molecule has 0 saturated heterocycles. The van der Waals surface area contributed by atoms with Crippen LogP contribution in [-0.2, 0) is 0 Å². The van der Waals surface area contributed by atoms with Crippen molar-refractivity contribution >= 4 is 14.1 Å². The van der Waals surface area contributed by atoms with Gasteiger partial charge in [-0.05, 0) is 72.2 Å². The van der Waals surface area contributed by atoms with E-state index in [0.717, 1.165) is 0 Å². The highest BCUT2D eigenvalue weighted by Crippen LogP contribution is 2.53. The van der Waals surface area contributed by atoms with Crippen molar-refractivity contribution in [2.75, 3.05) is 0 Å². The molecule has 0 bridgehead atoms. The molecule has 0 aliphatic heterocycles. The Labute approximate surface area is 165 Å². The van der Waals surface area contributed by atoms with Crippen LogP contribution in [0.1, 0.15) is 44.4 Å². The molecule has 0 spiro atoms. The summed E-state index contributed by atoms with van der Waals surface area (Å²) in [4.78, 5) is 0. The Balaban J connectivity index is 1.79. The lowest BCUT2D eigenvalue weighted by Gasteiger charge is -2.38. The Morgan fingerprint density at radius 1 is 0.741 bits per heavy atom. The van der Waals surface area contributed by atoms with Crippen molar-refractivity contribution in [3.05, 3.63) is 88.0 Å². The molecule has 0 nitrogen and oxygen atoms in total. The van der Waals surface area contributed by atoms with E-state index >= 15 is 0 Å². The number of allylic oxidation sites excluding steroid dienone is 5. The lowest BCUT2D eigenvalue weighted by Crippen LogP contribution is -2.39. The quantitative estimate of drug-likeness (QED) is 0.484. The van der Waals surface area contributed by atoms with Crippen molar-refractivity contribution in [1.82, 2.24) is 0 Å². The number of fused-ring (bicyclic) bond motifs is 1. The van der Waals surface area contributed by atoms with Crippen LogP contribution in [0.2, 0.25) is 18.6 Å². The lowest BCUT2D eigenvalue weighted by atomic mass is 9.97. The minimum absolute atomic E-state index is 0.574. The third kappa shape index (κ3) is 2.71. The van der Waals surface area contributed by atoms with Crippen LogP contribution >= 0.6 is 0 Å². The molecule has 4 rings (SSSR count). The fourth-order valence-electron chi connectivity index (χ4n) is 5.50. The Morgan fingerprint density at radius 2 is 1.37 bits per heavy atom. The molecular formula is C26H30Si. The van der Waals surface area contributed by atoms with Gasteiger partial charge in [0.05, 0.1) is 8.07 Å². The topological polar surface area (TPSA) is 0 Å². The average Bonchev–Trinajstić information content (AvgIpc) is 3.19. The van der Waals surface area contributed by atoms with Crippen LogP contribution in [0.25, 0.3) is 17.2 Å². The maximum atomic E-state index is 2.59. The average molecular weight is 371 g/mol. The summed E-state index contributed by atoms with van der Waals surface area (Å²) in [5.74, 6) is 0. The molecule has 0 fully saturated rings. The van der Waals surface area contributed by atoms with Crippen molar-refractivity contribution in [3.63, 3.8) is 0 Å². The Kier molecular flexibility index (Phi) is 4.39. The van der Waals surface area contributed by atoms with E-state index in [1.807, 2.05) is 0 Å². The summed E-state index contributed by atoms with van der Waals surface area (Å²) in [6.45, 7) is 14.5. The second kappa shape index (κ2) is 6.49. The molecule has 1 heteroatoms. The normalized spacial score (nSPS) is 20.0. The van der Waals surface area contributed by atoms with Gasteiger partial charge in [-0.15, -0.1) is 0 Å². The summed E-state index contributed by atoms with van der Waals surface area (Å²) in [6.07, 6.45) is 4.90. The minimum Gasteiger partial charge on any atom is -0.0791 e. The molecule has 1 unspecified atom stereocenters. The van der Waals surface area contributed by atoms with Crippen LogP contribution in [0.5, 0.6) is 0 Å². The monoisotopic (exact) mass is 370 g/mol. The molecule has 1 atom stereocenters. The molecular weight excluding hydrogens is 340 g/mol. The number of hydrogen-bond donors (Lipinski definition) is 0. The van der Waals surface area contributed by atoms with E-state index in [9.17, 15) is 0 Å². The molecule has 0 saturated carbocycles. The molecule has 2 aliphatic rings. The third-order valence-electron chi connectivity index (χ3n) is 7.17. The van der Waals surface area contributed by atoms with Crippen LogP contribution in [0, 0.1) is 0 Å². The van der Waals surface area contributed by atoms with Gasteiger partial charge in [0, 0.05) is 0 Å². The zero-order valence-electron chi connectivity index (χ0n) is 17.4. The fraction of sp³-hybridized carbons (Fsp3) is 0.308. The molecule has 2 aliphatic carbocycles. The predicted octanol–water partition coefficient (Wildman–Crippen LogP) is 7.77. The van der Waals surface area contributed by atoms with E-state index in [2.05, 4.69) is 101 Å². The van der Waals surface area contributed by atoms with Crippen LogP contribution in [0.15, 0.2) is 76.9 Å². The lowest BCUT2D eigenvalue weighted by molar-refractivity contribution is 1.00. The molecule has 0 heterocycles. The highest BCUT2D eigenvalue weighted by atomic mass is 28.3. The van der Waals surface area contributed by atoms with Gasteiger partial charge in [0.25, 0.3) is 0 Å². The molecule has 2 aromatic carbocycles. The van der Waals surface area contributed by atoms with Gasteiger partial charge in [-0.2, -0.15) is 0 Å². The van der Waals surface area contributed by atoms with E-state index in [4.69, 9.17) is 0 Å². The Morgan fingerprint density at radius 3 is 2.00 bits per heavy atom. The van der Waals surface area contributed by atoms with Gasteiger partial charge in [-0.1, -0.05) is 84.9 Å². The van der Waals surface area contributed by atoms with Gasteiger partial charge < -0.3 is 0 Å². The molecule has 0 aromatic heterocycles. The third-order valence-corrected chi connectivity index (χ3v) is 11.6. The summed E-state index contributed by atoms with van der Waals surface area (Å²) >= 11 is 0. The van der Waals surface area contributed by atoms with Gasteiger partial charge in [0.15, 0.2) is 0 Å². The zero-order valence-corrected chi connectivity index (χ0v) is 18.4. The van der Waals surface area contributed by atoms with Gasteiger partial charge in [-0.3, -0.25) is 0 Å². The molecule has 2 aromatic rings. The molecule has 0 N–H and O–H groups in total. The van der Waals surface area contributed by atoms with Gasteiger partial charge in [-0.25, -0.2) is 0 Å². The van der Waals surface area contributed by atoms with E-state index in [1.165, 1.54) is 33.4 Å². The van der Waals surface area contributed by atoms with Crippen LogP contribution < -0.4 is 0 Å². The number of benzene rings is 2. The summed E-state index contributed by atoms with van der Waals surface area (Å²) in [5, 5.41) is 0. The van der Waals surface area contributed by atoms with Crippen LogP contribution in [0.3, 0.4) is 0 Å². The van der Waals surface area contributed by atoms with Crippen LogP contribution in [0.4, 0.5) is 0 Å². The maximum Gasteiger partial charge on any atom is 0.0714 e. The summed E-state index contributed by atoms with van der Waals surface area (Å²) in [5.41, 5.74) is 13.2. The first-order valence-corrected chi connectivity index (χ1v) is 13.2. The fourth-order valence-corrected chi connectivity index (χ4v) is 10.2. The second-order valence-corrected chi connectivity index (χ2v) is 13.7. The summed E-state index contributed by atoms with van der Waals surface area (Å²) in [6, 6.07) is 17.7. The van der Waals surface area contributed by atoms with Crippen LogP contribution in [-0.4, -0.2) is 8.07 Å². The highest BCUT2D eigenvalue weighted by molar-refractivity contribution is 6.82. The largest absolute Gasteiger partial charge is 0.0791 e. The molecule has 138 valence electrons. The standard InChI is InChI=1S/C26H30Si/c1-17-18(2)20(4)26(19(17)3)27(5,6)25-16-15-23-22(13-10-14-24(23)25)21-11-8-7-9-12-21/h7-16,25-26H,1-6H3. The summed E-state index contributed by atoms with van der Waals surface area (Å²) < 4.78 is 0. The Bertz CT molecular complexity index is 962. The maximum absolute atomic E-state index is 2.59. The smallest absolute Gasteiger partial charge is 0.0714 e. The predicted molar refractivity (Wildman–Crippen MR) is 122 cm³/mol. The summed E-state index contributed by atoms with van der Waals surface area (Å²) in [7, 11) is -1.62. The van der Waals surface area contributed by atoms with E-state index in [-0.39, 0.29) is 0 Å². The first-order valence-electron chi connectivity index (χ1n) is 10.1. The van der Waals surface area contributed by atoms with Gasteiger partial charge >= 0.3 is 0 Å². The molecule has 0 amide bonds. The number of rotatable bonds is 3. The Hall–Kier alpha value is -2.12. The van der Waals surface area contributed by atoms with Crippen molar-refractivity contribution in [3.8, 4) is 11.1 Å². The van der Waals surface area contributed by atoms with Crippen molar-refractivity contribution < 1.29 is 0 Å². The van der Waals surface area contributed by atoms with E-state index < -0.39 is 8.07 Å². The first-order chi connectivity index (χ1) is 12.8. The molecule has 27 heavy (non-hydrogen) atoms. The van der Waals surface area contributed by atoms with Gasteiger partial charge in [0.1, 0.15) is 0 Å². The zero-order chi connectivity index (χ0) is 19.3. The van der Waals surface area contributed by atoms with Gasteiger partial charge in [0.2, 0.25) is 0 Å². The van der Waals surface area contributed by atoms with Crippen molar-refractivity contribution in [2.24, 2.45) is 0 Å². The highest BCUT2D eigenvalue weighted by Gasteiger charge is 2.45. The van der Waals surface area contributed by atoms with Crippen molar-refractivity contribution in [2.45, 2.75) is 51.9 Å². The first kappa shape index (κ1) is 18.2. The SMILES string of the molecule is CC1=C(C)C([Si](C)(C)C2C=Cc3c(-c4ccccc4)cccc32)C(C)=C1C. The number of hydrogen-bond acceptors (Lipinski definition) is 0. The minimum atomic E-state index is -1.62. The molecule has 0 radical (unpaired) electrons.